The molecule has 174 valence electrons. The van der Waals surface area contributed by atoms with E-state index in [0.29, 0.717) is 40.5 Å². The van der Waals surface area contributed by atoms with Gasteiger partial charge in [0.1, 0.15) is 5.54 Å². The zero-order valence-electron chi connectivity index (χ0n) is 18.5. The van der Waals surface area contributed by atoms with E-state index in [0.717, 1.165) is 16.9 Å². The fourth-order valence-electron chi connectivity index (χ4n) is 6.63. The minimum Gasteiger partial charge on any atom is -0.324 e. The zero-order chi connectivity index (χ0) is 24.1. The van der Waals surface area contributed by atoms with Gasteiger partial charge in [-0.05, 0) is 56.5 Å². The van der Waals surface area contributed by atoms with Crippen molar-refractivity contribution < 1.29 is 19.3 Å². The average Bonchev–Trinajstić information content (AvgIpc) is 3.50. The van der Waals surface area contributed by atoms with E-state index in [1.807, 2.05) is 11.8 Å². The van der Waals surface area contributed by atoms with Crippen molar-refractivity contribution in [1.29, 1.82) is 0 Å². The number of carbonyl (C=O) groups is 3. The zero-order valence-corrected chi connectivity index (χ0v) is 19.3. The van der Waals surface area contributed by atoms with Crippen LogP contribution in [0.4, 0.5) is 17.1 Å². The molecule has 10 heteroatoms. The lowest BCUT2D eigenvalue weighted by Gasteiger charge is -2.36. The summed E-state index contributed by atoms with van der Waals surface area (Å²) in [6.07, 6.45) is 1.53. The third kappa shape index (κ3) is 2.35. The molecule has 0 saturated carbocycles. The van der Waals surface area contributed by atoms with Gasteiger partial charge in [-0.3, -0.25) is 29.4 Å². The summed E-state index contributed by atoms with van der Waals surface area (Å²) in [4.78, 5) is 55.4. The number of nitrogens with one attached hydrogen (secondary N) is 1. The molecule has 2 aromatic carbocycles. The first-order chi connectivity index (χ1) is 16.2. The summed E-state index contributed by atoms with van der Waals surface area (Å²) in [5, 5.41) is 14.7. The number of imide groups is 1. The number of rotatable bonds is 2. The maximum absolute atomic E-state index is 14.0. The van der Waals surface area contributed by atoms with Crippen molar-refractivity contribution in [3.63, 3.8) is 0 Å². The van der Waals surface area contributed by atoms with E-state index < -0.39 is 28.2 Å². The molecule has 1 N–H and O–H groups in total. The second-order valence-corrected chi connectivity index (χ2v) is 9.87. The van der Waals surface area contributed by atoms with Crippen molar-refractivity contribution in [3.05, 3.63) is 62.2 Å². The van der Waals surface area contributed by atoms with Crippen molar-refractivity contribution in [1.82, 2.24) is 4.90 Å². The van der Waals surface area contributed by atoms with Gasteiger partial charge in [0.2, 0.25) is 17.7 Å². The molecule has 1 spiro atoms. The highest BCUT2D eigenvalue weighted by molar-refractivity contribution is 6.32. The van der Waals surface area contributed by atoms with Gasteiger partial charge in [0.25, 0.3) is 5.69 Å². The van der Waals surface area contributed by atoms with E-state index in [1.54, 1.807) is 19.1 Å². The van der Waals surface area contributed by atoms with Crippen LogP contribution in [0.2, 0.25) is 5.02 Å². The van der Waals surface area contributed by atoms with Crippen molar-refractivity contribution in [2.75, 3.05) is 16.8 Å². The molecule has 4 atom stereocenters. The lowest BCUT2D eigenvalue weighted by atomic mass is 9.75. The standard InChI is InChI=1S/C24H21ClN4O5/c1-11-10-13(29(33)34)5-8-16(11)28-21(30)18-17-4-3-9-27(17)24(19(18)22(28)31)14-6-7-15(25)12(2)20(14)26-23(24)32/h5-8,10,17-19H,3-4,9H2,1-2H3,(H,26,32)/t17-,18+,19+,24-/m0/s1. The third-order valence-corrected chi connectivity index (χ3v) is 8.40. The monoisotopic (exact) mass is 480 g/mol. The van der Waals surface area contributed by atoms with E-state index in [4.69, 9.17) is 11.6 Å². The number of aryl methyl sites for hydroxylation is 1. The molecule has 2 aromatic rings. The molecule has 3 amide bonds. The minimum atomic E-state index is -1.29. The number of fused-ring (bicyclic) bond motifs is 7. The smallest absolute Gasteiger partial charge is 0.269 e. The van der Waals surface area contributed by atoms with Crippen LogP contribution in [0, 0.1) is 35.8 Å². The summed E-state index contributed by atoms with van der Waals surface area (Å²) >= 11 is 6.32. The van der Waals surface area contributed by atoms with Crippen LogP contribution in [0.25, 0.3) is 0 Å². The van der Waals surface area contributed by atoms with Crippen LogP contribution in [0.3, 0.4) is 0 Å². The SMILES string of the molecule is Cc1cc([N+](=O)[O-])ccc1N1C(=O)[C@@H]2[C@@H]3CCCN3[C@]3(C(=O)Nc4c3ccc(Cl)c4C)[C@H]2C1=O. The molecule has 0 aliphatic carbocycles. The van der Waals surface area contributed by atoms with Crippen LogP contribution in [-0.4, -0.2) is 40.1 Å². The summed E-state index contributed by atoms with van der Waals surface area (Å²) < 4.78 is 0. The molecule has 0 radical (unpaired) electrons. The van der Waals surface area contributed by atoms with Crippen molar-refractivity contribution in [2.24, 2.45) is 11.8 Å². The normalized spacial score (nSPS) is 29.6. The van der Waals surface area contributed by atoms with Crippen LogP contribution in [0.5, 0.6) is 0 Å². The number of amides is 3. The average molecular weight is 481 g/mol. The van der Waals surface area contributed by atoms with E-state index in [9.17, 15) is 24.5 Å². The van der Waals surface area contributed by atoms with Gasteiger partial charge >= 0.3 is 0 Å². The van der Waals surface area contributed by atoms with E-state index >= 15 is 0 Å². The Balaban J connectivity index is 1.54. The first kappa shape index (κ1) is 21.2. The largest absolute Gasteiger partial charge is 0.324 e. The molecule has 0 unspecified atom stereocenters. The van der Waals surface area contributed by atoms with Crippen LogP contribution in [0.1, 0.15) is 29.5 Å². The number of halogens is 1. The van der Waals surface area contributed by atoms with Gasteiger partial charge in [0.05, 0.1) is 28.1 Å². The Kier molecular flexibility index (Phi) is 4.29. The van der Waals surface area contributed by atoms with Gasteiger partial charge in [0, 0.05) is 28.8 Å². The van der Waals surface area contributed by atoms with Gasteiger partial charge < -0.3 is 5.32 Å². The predicted octanol–water partition coefficient (Wildman–Crippen LogP) is 3.30. The first-order valence-electron chi connectivity index (χ1n) is 11.2. The number of carbonyl (C=O) groups excluding carboxylic acids is 3. The lowest BCUT2D eigenvalue weighted by molar-refractivity contribution is -0.384. The molecular formula is C24H21ClN4O5. The number of nitro groups is 1. The van der Waals surface area contributed by atoms with E-state index in [1.165, 1.54) is 18.2 Å². The van der Waals surface area contributed by atoms with Crippen LogP contribution >= 0.6 is 11.6 Å². The molecule has 3 saturated heterocycles. The summed E-state index contributed by atoms with van der Waals surface area (Å²) in [5.74, 6) is -2.67. The van der Waals surface area contributed by atoms with Crippen LogP contribution in [-0.2, 0) is 19.9 Å². The molecular weight excluding hydrogens is 460 g/mol. The highest BCUT2D eigenvalue weighted by Gasteiger charge is 2.74. The maximum atomic E-state index is 14.0. The number of nitro benzene ring substituents is 1. The molecule has 4 aliphatic rings. The van der Waals surface area contributed by atoms with Crippen molar-refractivity contribution in [2.45, 2.75) is 38.3 Å². The number of anilines is 2. The van der Waals surface area contributed by atoms with E-state index in [-0.39, 0.29) is 23.5 Å². The van der Waals surface area contributed by atoms with Gasteiger partial charge in [0.15, 0.2) is 0 Å². The van der Waals surface area contributed by atoms with Gasteiger partial charge in [-0.15, -0.1) is 0 Å². The second-order valence-electron chi connectivity index (χ2n) is 9.46. The Morgan fingerprint density at radius 3 is 2.62 bits per heavy atom. The number of hydrogen-bond donors (Lipinski definition) is 1. The highest BCUT2D eigenvalue weighted by Crippen LogP contribution is 2.61. The molecule has 3 fully saturated rings. The van der Waals surface area contributed by atoms with Crippen LogP contribution < -0.4 is 10.2 Å². The first-order valence-corrected chi connectivity index (χ1v) is 11.6. The van der Waals surface area contributed by atoms with Gasteiger partial charge in [-0.25, -0.2) is 4.90 Å². The number of benzene rings is 2. The summed E-state index contributed by atoms with van der Waals surface area (Å²) in [5.41, 5.74) is 1.38. The quantitative estimate of drug-likeness (QED) is 0.401. The Labute approximate surface area is 199 Å². The Hall–Kier alpha value is -3.30. The number of hydrogen-bond acceptors (Lipinski definition) is 6. The summed E-state index contributed by atoms with van der Waals surface area (Å²) in [7, 11) is 0. The summed E-state index contributed by atoms with van der Waals surface area (Å²) in [6.45, 7) is 4.07. The van der Waals surface area contributed by atoms with Gasteiger partial charge in [-0.1, -0.05) is 17.7 Å². The summed E-state index contributed by atoms with van der Waals surface area (Å²) in [6, 6.07) is 7.36. The number of non-ortho nitro benzene ring substituents is 1. The van der Waals surface area contributed by atoms with Crippen LogP contribution in [0.15, 0.2) is 30.3 Å². The topological polar surface area (TPSA) is 113 Å². The molecule has 4 aliphatic heterocycles. The Bertz CT molecular complexity index is 1340. The second kappa shape index (κ2) is 6.86. The Morgan fingerprint density at radius 2 is 1.91 bits per heavy atom. The molecule has 9 nitrogen and oxygen atoms in total. The van der Waals surface area contributed by atoms with Crippen molar-refractivity contribution >= 4 is 46.4 Å². The fourth-order valence-corrected chi connectivity index (χ4v) is 6.79. The van der Waals surface area contributed by atoms with Gasteiger partial charge in [-0.2, -0.15) is 0 Å². The number of nitrogens with zero attached hydrogens (tertiary/aromatic N) is 3. The molecule has 0 aromatic heterocycles. The Morgan fingerprint density at radius 1 is 1.15 bits per heavy atom. The lowest BCUT2D eigenvalue weighted by Crippen LogP contribution is -2.54. The maximum Gasteiger partial charge on any atom is 0.269 e. The van der Waals surface area contributed by atoms with E-state index in [2.05, 4.69) is 5.32 Å². The van der Waals surface area contributed by atoms with Crippen molar-refractivity contribution in [3.8, 4) is 0 Å². The molecule has 34 heavy (non-hydrogen) atoms. The fraction of sp³-hybridized carbons (Fsp3) is 0.375. The minimum absolute atomic E-state index is 0.115. The highest BCUT2D eigenvalue weighted by atomic mass is 35.5. The predicted molar refractivity (Wildman–Crippen MR) is 124 cm³/mol. The third-order valence-electron chi connectivity index (χ3n) is 7.99. The molecule has 6 rings (SSSR count). The molecule has 0 bridgehead atoms. The molecule has 4 heterocycles.